The van der Waals surface area contributed by atoms with Crippen LogP contribution in [0.4, 0.5) is 0 Å². The summed E-state index contributed by atoms with van der Waals surface area (Å²) in [5.41, 5.74) is 3.63. The Morgan fingerprint density at radius 3 is 2.76 bits per heavy atom. The van der Waals surface area contributed by atoms with Crippen molar-refractivity contribution in [1.82, 2.24) is 15.3 Å². The molecule has 0 fully saturated rings. The summed E-state index contributed by atoms with van der Waals surface area (Å²) in [4.78, 5) is 20.7. The predicted molar refractivity (Wildman–Crippen MR) is 100 cm³/mol. The number of pyridine rings is 2. The average Bonchev–Trinajstić information content (AvgIpc) is 3.11. The minimum absolute atomic E-state index is 0.134. The van der Waals surface area contributed by atoms with E-state index in [1.165, 1.54) is 10.1 Å². The summed E-state index contributed by atoms with van der Waals surface area (Å²) in [7, 11) is 0. The van der Waals surface area contributed by atoms with Crippen molar-refractivity contribution < 1.29 is 4.79 Å². The Labute approximate surface area is 149 Å². The zero-order chi connectivity index (χ0) is 17.1. The van der Waals surface area contributed by atoms with Crippen molar-refractivity contribution in [3.05, 3.63) is 83.8 Å². The number of nitrogens with zero attached hydrogens (tertiary/aromatic N) is 2. The fourth-order valence-corrected chi connectivity index (χ4v) is 3.67. The maximum atomic E-state index is 12.4. The van der Waals surface area contributed by atoms with Gasteiger partial charge in [0.15, 0.2) is 0 Å². The van der Waals surface area contributed by atoms with E-state index in [9.17, 15) is 4.79 Å². The van der Waals surface area contributed by atoms with Gasteiger partial charge in [-0.05, 0) is 35.2 Å². The van der Waals surface area contributed by atoms with E-state index in [2.05, 4.69) is 32.8 Å². The molecule has 0 saturated heterocycles. The standard InChI is InChI=1S/C20H15N3OS/c24-20(23-10-14-5-7-21-8-6-14)16-9-15(11-22-12-16)18-13-25-19-4-2-1-3-17(18)19/h1-9,11-13H,10H2,(H,23,24). The Bertz CT molecular complexity index is 1030. The zero-order valence-corrected chi connectivity index (χ0v) is 14.2. The number of hydrogen-bond donors (Lipinski definition) is 1. The van der Waals surface area contributed by atoms with Gasteiger partial charge in [-0.1, -0.05) is 18.2 Å². The van der Waals surface area contributed by atoms with Crippen molar-refractivity contribution in [2.75, 3.05) is 0 Å². The van der Waals surface area contributed by atoms with E-state index >= 15 is 0 Å². The molecule has 3 heterocycles. The normalized spacial score (nSPS) is 10.7. The van der Waals surface area contributed by atoms with Crippen LogP contribution in [0.1, 0.15) is 15.9 Å². The van der Waals surface area contributed by atoms with Gasteiger partial charge in [0.25, 0.3) is 5.91 Å². The molecule has 0 bridgehead atoms. The summed E-state index contributed by atoms with van der Waals surface area (Å²) in [6.07, 6.45) is 6.82. The maximum Gasteiger partial charge on any atom is 0.253 e. The highest BCUT2D eigenvalue weighted by Crippen LogP contribution is 2.33. The van der Waals surface area contributed by atoms with Gasteiger partial charge in [-0.15, -0.1) is 11.3 Å². The van der Waals surface area contributed by atoms with Crippen LogP contribution in [-0.2, 0) is 6.54 Å². The van der Waals surface area contributed by atoms with Gasteiger partial charge in [0.05, 0.1) is 5.56 Å². The van der Waals surface area contributed by atoms with E-state index in [0.717, 1.165) is 16.7 Å². The molecule has 122 valence electrons. The molecular formula is C20H15N3OS. The third kappa shape index (κ3) is 3.27. The predicted octanol–water partition coefficient (Wildman–Crippen LogP) is 4.29. The lowest BCUT2D eigenvalue weighted by molar-refractivity contribution is 0.0950. The number of benzene rings is 1. The quantitative estimate of drug-likeness (QED) is 0.600. The van der Waals surface area contributed by atoms with E-state index < -0.39 is 0 Å². The lowest BCUT2D eigenvalue weighted by Gasteiger charge is -2.06. The van der Waals surface area contributed by atoms with Crippen molar-refractivity contribution in [2.24, 2.45) is 0 Å². The number of carbonyl (C=O) groups excluding carboxylic acids is 1. The number of rotatable bonds is 4. The Morgan fingerprint density at radius 2 is 1.88 bits per heavy atom. The first-order chi connectivity index (χ1) is 12.3. The van der Waals surface area contributed by atoms with Crippen molar-refractivity contribution >= 4 is 27.3 Å². The molecule has 25 heavy (non-hydrogen) atoms. The topological polar surface area (TPSA) is 54.9 Å². The second kappa shape index (κ2) is 6.83. The van der Waals surface area contributed by atoms with Gasteiger partial charge in [0.1, 0.15) is 0 Å². The van der Waals surface area contributed by atoms with Gasteiger partial charge >= 0.3 is 0 Å². The second-order valence-electron chi connectivity index (χ2n) is 5.65. The van der Waals surface area contributed by atoms with Crippen molar-refractivity contribution in [3.63, 3.8) is 0 Å². The summed E-state index contributed by atoms with van der Waals surface area (Å²) in [5.74, 6) is -0.134. The molecule has 0 saturated carbocycles. The van der Waals surface area contributed by atoms with Crippen LogP contribution >= 0.6 is 11.3 Å². The maximum absolute atomic E-state index is 12.4. The van der Waals surface area contributed by atoms with E-state index in [-0.39, 0.29) is 5.91 Å². The van der Waals surface area contributed by atoms with E-state index in [4.69, 9.17) is 0 Å². The molecule has 5 heteroatoms. The fraction of sp³-hybridized carbons (Fsp3) is 0.0500. The lowest BCUT2D eigenvalue weighted by atomic mass is 10.0. The molecule has 0 aliphatic carbocycles. The van der Waals surface area contributed by atoms with Crippen LogP contribution in [0.2, 0.25) is 0 Å². The molecule has 3 aromatic heterocycles. The third-order valence-corrected chi connectivity index (χ3v) is 4.96. The Kier molecular flexibility index (Phi) is 4.23. The van der Waals surface area contributed by atoms with E-state index in [0.29, 0.717) is 12.1 Å². The van der Waals surface area contributed by atoms with Gasteiger partial charge in [-0.25, -0.2) is 0 Å². The van der Waals surface area contributed by atoms with Crippen molar-refractivity contribution in [2.45, 2.75) is 6.54 Å². The molecule has 4 aromatic rings. The van der Waals surface area contributed by atoms with E-state index in [1.54, 1.807) is 36.1 Å². The van der Waals surface area contributed by atoms with Crippen LogP contribution in [-0.4, -0.2) is 15.9 Å². The first-order valence-corrected chi connectivity index (χ1v) is 8.78. The van der Waals surface area contributed by atoms with Gasteiger partial charge in [0, 0.05) is 52.5 Å². The number of amides is 1. The number of carbonyl (C=O) groups is 1. The molecule has 1 amide bonds. The van der Waals surface area contributed by atoms with Crippen LogP contribution in [0.5, 0.6) is 0 Å². The van der Waals surface area contributed by atoms with Gasteiger partial charge < -0.3 is 5.32 Å². The highest BCUT2D eigenvalue weighted by Gasteiger charge is 2.10. The SMILES string of the molecule is O=C(NCc1ccncc1)c1cncc(-c2csc3ccccc23)c1. The second-order valence-corrected chi connectivity index (χ2v) is 6.56. The third-order valence-electron chi connectivity index (χ3n) is 3.99. The number of hydrogen-bond acceptors (Lipinski definition) is 4. The summed E-state index contributed by atoms with van der Waals surface area (Å²) in [6.45, 7) is 0.465. The Morgan fingerprint density at radius 1 is 1.04 bits per heavy atom. The van der Waals surface area contributed by atoms with Crippen molar-refractivity contribution in [3.8, 4) is 11.1 Å². The molecule has 0 spiro atoms. The van der Waals surface area contributed by atoms with Crippen molar-refractivity contribution in [1.29, 1.82) is 0 Å². The van der Waals surface area contributed by atoms with Crippen LogP contribution in [0.15, 0.2) is 72.6 Å². The molecule has 0 aliphatic heterocycles. The van der Waals surface area contributed by atoms with Crippen LogP contribution in [0.25, 0.3) is 21.2 Å². The molecule has 0 radical (unpaired) electrons. The number of nitrogens with one attached hydrogen (secondary N) is 1. The molecule has 1 aromatic carbocycles. The van der Waals surface area contributed by atoms with Crippen LogP contribution < -0.4 is 5.32 Å². The Hall–Kier alpha value is -3.05. The summed E-state index contributed by atoms with van der Waals surface area (Å²) >= 11 is 1.70. The number of thiophene rings is 1. The summed E-state index contributed by atoms with van der Waals surface area (Å²) < 4.78 is 1.23. The minimum atomic E-state index is -0.134. The largest absolute Gasteiger partial charge is 0.348 e. The molecule has 0 atom stereocenters. The highest BCUT2D eigenvalue weighted by molar-refractivity contribution is 7.17. The fourth-order valence-electron chi connectivity index (χ4n) is 2.70. The zero-order valence-electron chi connectivity index (χ0n) is 13.3. The molecule has 4 nitrogen and oxygen atoms in total. The molecular weight excluding hydrogens is 330 g/mol. The first kappa shape index (κ1) is 15.5. The van der Waals surface area contributed by atoms with E-state index in [1.807, 2.05) is 30.3 Å². The van der Waals surface area contributed by atoms with Crippen LogP contribution in [0.3, 0.4) is 0 Å². The first-order valence-electron chi connectivity index (χ1n) is 7.90. The van der Waals surface area contributed by atoms with Gasteiger partial charge in [0.2, 0.25) is 0 Å². The monoisotopic (exact) mass is 345 g/mol. The molecule has 0 unspecified atom stereocenters. The summed E-state index contributed by atoms with van der Waals surface area (Å²) in [5, 5.41) is 6.22. The number of fused-ring (bicyclic) bond motifs is 1. The summed E-state index contributed by atoms with van der Waals surface area (Å²) in [6, 6.07) is 13.9. The number of aromatic nitrogens is 2. The lowest BCUT2D eigenvalue weighted by Crippen LogP contribution is -2.22. The van der Waals surface area contributed by atoms with Gasteiger partial charge in [-0.2, -0.15) is 0 Å². The van der Waals surface area contributed by atoms with Crippen LogP contribution in [0, 0.1) is 0 Å². The molecule has 0 aliphatic rings. The smallest absolute Gasteiger partial charge is 0.253 e. The average molecular weight is 345 g/mol. The minimum Gasteiger partial charge on any atom is -0.348 e. The Balaban J connectivity index is 1.58. The highest BCUT2D eigenvalue weighted by atomic mass is 32.1. The molecule has 4 rings (SSSR count). The molecule has 1 N–H and O–H groups in total. The van der Waals surface area contributed by atoms with Gasteiger partial charge in [-0.3, -0.25) is 14.8 Å².